The number of likely N-dealkylation sites (tertiary alicyclic amines) is 1. The summed E-state index contributed by atoms with van der Waals surface area (Å²) in [6.45, 7) is 5.63. The first-order chi connectivity index (χ1) is 12.1. The van der Waals surface area contributed by atoms with Crippen molar-refractivity contribution in [2.75, 3.05) is 26.2 Å². The second-order valence-corrected chi connectivity index (χ2v) is 6.82. The van der Waals surface area contributed by atoms with Crippen LogP contribution in [0.15, 0.2) is 30.7 Å². The lowest BCUT2D eigenvalue weighted by atomic mass is 10.1. The highest BCUT2D eigenvalue weighted by atomic mass is 16.5. The zero-order chi connectivity index (χ0) is 17.4. The predicted molar refractivity (Wildman–Crippen MR) is 92.0 cm³/mol. The van der Waals surface area contributed by atoms with Crippen LogP contribution < -0.4 is 0 Å². The lowest BCUT2D eigenvalue weighted by Gasteiger charge is -2.36. The maximum Gasteiger partial charge on any atom is 0.257 e. The van der Waals surface area contributed by atoms with Gasteiger partial charge in [-0.15, -0.1) is 0 Å². The van der Waals surface area contributed by atoms with Crippen LogP contribution in [0.4, 0.5) is 0 Å². The second-order valence-electron chi connectivity index (χ2n) is 6.82. The molecule has 1 amide bonds. The van der Waals surface area contributed by atoms with Gasteiger partial charge in [0.1, 0.15) is 0 Å². The summed E-state index contributed by atoms with van der Waals surface area (Å²) in [6, 6.07) is 4.28. The van der Waals surface area contributed by atoms with Crippen molar-refractivity contribution in [2.45, 2.75) is 25.6 Å². The van der Waals surface area contributed by atoms with E-state index < -0.39 is 0 Å². The van der Waals surface area contributed by atoms with E-state index >= 15 is 0 Å². The van der Waals surface area contributed by atoms with Crippen LogP contribution in [0.1, 0.15) is 21.6 Å². The molecule has 0 bridgehead atoms. The van der Waals surface area contributed by atoms with E-state index in [0.717, 1.165) is 18.8 Å². The fraction of sp³-hybridized carbons (Fsp3) is 0.500. The van der Waals surface area contributed by atoms with E-state index in [0.29, 0.717) is 25.3 Å². The maximum atomic E-state index is 12.9. The minimum atomic E-state index is 0.0462. The van der Waals surface area contributed by atoms with Gasteiger partial charge in [0.05, 0.1) is 30.0 Å². The second kappa shape index (κ2) is 6.57. The molecule has 2 atom stereocenters. The van der Waals surface area contributed by atoms with Gasteiger partial charge in [-0.2, -0.15) is 5.10 Å². The Balaban J connectivity index is 1.49. The highest BCUT2D eigenvalue weighted by Gasteiger charge is 2.42. The van der Waals surface area contributed by atoms with Crippen LogP contribution in [-0.4, -0.2) is 68.9 Å². The van der Waals surface area contributed by atoms with E-state index in [4.69, 9.17) is 4.74 Å². The molecule has 2 aliphatic rings. The molecule has 4 rings (SSSR count). The Morgan fingerprint density at radius 3 is 3.00 bits per heavy atom. The van der Waals surface area contributed by atoms with E-state index in [1.54, 1.807) is 17.1 Å². The van der Waals surface area contributed by atoms with Gasteiger partial charge in [-0.1, -0.05) is 6.07 Å². The van der Waals surface area contributed by atoms with Gasteiger partial charge in [-0.05, 0) is 18.6 Å². The SMILES string of the molecule is Cc1nn(C)cc1C(=O)N1C[C@@H]2OCCN(Cc3cccnc3)[C@H]2C1. The molecule has 2 aromatic heterocycles. The molecule has 0 aromatic carbocycles. The van der Waals surface area contributed by atoms with Gasteiger partial charge in [-0.25, -0.2) is 0 Å². The number of aryl methyl sites for hydroxylation is 2. The van der Waals surface area contributed by atoms with Crippen molar-refractivity contribution in [3.8, 4) is 0 Å². The largest absolute Gasteiger partial charge is 0.373 e. The number of hydrogen-bond acceptors (Lipinski definition) is 5. The lowest BCUT2D eigenvalue weighted by molar-refractivity contribution is -0.0503. The highest BCUT2D eigenvalue weighted by Crippen LogP contribution is 2.26. The smallest absolute Gasteiger partial charge is 0.257 e. The lowest BCUT2D eigenvalue weighted by Crippen LogP contribution is -2.50. The van der Waals surface area contributed by atoms with Crippen molar-refractivity contribution in [3.05, 3.63) is 47.5 Å². The summed E-state index contributed by atoms with van der Waals surface area (Å²) in [6.07, 6.45) is 5.57. The van der Waals surface area contributed by atoms with Gasteiger partial charge in [0.2, 0.25) is 0 Å². The van der Waals surface area contributed by atoms with Crippen molar-refractivity contribution in [1.82, 2.24) is 24.6 Å². The molecular weight excluding hydrogens is 318 g/mol. The topological polar surface area (TPSA) is 63.5 Å². The summed E-state index contributed by atoms with van der Waals surface area (Å²) < 4.78 is 7.64. The molecular formula is C18H23N5O2. The number of nitrogens with zero attached hydrogens (tertiary/aromatic N) is 5. The summed E-state index contributed by atoms with van der Waals surface area (Å²) in [4.78, 5) is 21.4. The Labute approximate surface area is 147 Å². The summed E-state index contributed by atoms with van der Waals surface area (Å²) in [5.41, 5.74) is 2.64. The number of amides is 1. The Morgan fingerprint density at radius 1 is 1.40 bits per heavy atom. The normalized spacial score (nSPS) is 23.7. The minimum absolute atomic E-state index is 0.0462. The summed E-state index contributed by atoms with van der Waals surface area (Å²) in [5.74, 6) is 0.0462. The number of fused-ring (bicyclic) bond motifs is 1. The molecule has 132 valence electrons. The average molecular weight is 341 g/mol. The first-order valence-electron chi connectivity index (χ1n) is 8.66. The van der Waals surface area contributed by atoms with E-state index in [1.807, 2.05) is 31.1 Å². The first-order valence-corrected chi connectivity index (χ1v) is 8.66. The van der Waals surface area contributed by atoms with E-state index in [9.17, 15) is 4.79 Å². The van der Waals surface area contributed by atoms with Crippen LogP contribution in [0.3, 0.4) is 0 Å². The third-order valence-electron chi connectivity index (χ3n) is 5.06. The number of hydrogen-bond donors (Lipinski definition) is 0. The molecule has 0 unspecified atom stereocenters. The highest BCUT2D eigenvalue weighted by molar-refractivity contribution is 5.95. The number of pyridine rings is 1. The van der Waals surface area contributed by atoms with Crippen molar-refractivity contribution >= 4 is 5.91 Å². The van der Waals surface area contributed by atoms with Crippen LogP contribution in [0, 0.1) is 6.92 Å². The summed E-state index contributed by atoms with van der Waals surface area (Å²) in [5, 5.41) is 4.29. The fourth-order valence-electron chi connectivity index (χ4n) is 3.83. The third-order valence-corrected chi connectivity index (χ3v) is 5.06. The summed E-state index contributed by atoms with van der Waals surface area (Å²) in [7, 11) is 1.84. The number of carbonyl (C=O) groups excluding carboxylic acids is 1. The minimum Gasteiger partial charge on any atom is -0.373 e. The maximum absolute atomic E-state index is 12.9. The molecule has 4 heterocycles. The number of rotatable bonds is 3. The molecule has 2 aromatic rings. The van der Waals surface area contributed by atoms with Gasteiger partial charge >= 0.3 is 0 Å². The molecule has 7 heteroatoms. The van der Waals surface area contributed by atoms with Gasteiger partial charge in [-0.3, -0.25) is 19.4 Å². The van der Waals surface area contributed by atoms with E-state index in [2.05, 4.69) is 21.0 Å². The van der Waals surface area contributed by atoms with Crippen LogP contribution >= 0.6 is 0 Å². The van der Waals surface area contributed by atoms with Crippen LogP contribution in [0.25, 0.3) is 0 Å². The molecule has 0 N–H and O–H groups in total. The standard InChI is InChI=1S/C18H23N5O2/c1-13-15(10-21(2)20-13)18(24)23-11-16-17(12-23)25-7-6-22(16)9-14-4-3-5-19-8-14/h3-5,8,10,16-17H,6-7,9,11-12H2,1-2H3/t16-,17-/m0/s1. The zero-order valence-corrected chi connectivity index (χ0v) is 14.6. The fourth-order valence-corrected chi connectivity index (χ4v) is 3.83. The molecule has 7 nitrogen and oxygen atoms in total. The zero-order valence-electron chi connectivity index (χ0n) is 14.6. The molecule has 25 heavy (non-hydrogen) atoms. The van der Waals surface area contributed by atoms with Crippen molar-refractivity contribution in [2.24, 2.45) is 7.05 Å². The predicted octanol–water partition coefficient (Wildman–Crippen LogP) is 0.849. The van der Waals surface area contributed by atoms with Crippen molar-refractivity contribution < 1.29 is 9.53 Å². The number of ether oxygens (including phenoxy) is 1. The molecule has 0 spiro atoms. The van der Waals surface area contributed by atoms with E-state index in [-0.39, 0.29) is 18.1 Å². The van der Waals surface area contributed by atoms with Gasteiger partial charge in [0, 0.05) is 51.8 Å². The van der Waals surface area contributed by atoms with Crippen molar-refractivity contribution in [3.63, 3.8) is 0 Å². The van der Waals surface area contributed by atoms with Gasteiger partial charge < -0.3 is 9.64 Å². The molecule has 0 radical (unpaired) electrons. The quantitative estimate of drug-likeness (QED) is 0.828. The van der Waals surface area contributed by atoms with Crippen LogP contribution in [-0.2, 0) is 18.3 Å². The van der Waals surface area contributed by atoms with Gasteiger partial charge in [0.15, 0.2) is 0 Å². The molecule has 0 aliphatic carbocycles. The third kappa shape index (κ3) is 3.17. The first kappa shape index (κ1) is 16.2. The summed E-state index contributed by atoms with van der Waals surface area (Å²) >= 11 is 0. The monoisotopic (exact) mass is 341 g/mol. The van der Waals surface area contributed by atoms with Crippen LogP contribution in [0.5, 0.6) is 0 Å². The van der Waals surface area contributed by atoms with Crippen LogP contribution in [0.2, 0.25) is 0 Å². The average Bonchev–Trinajstić information content (AvgIpc) is 3.19. The Hall–Kier alpha value is -2.25. The Morgan fingerprint density at radius 2 is 2.28 bits per heavy atom. The van der Waals surface area contributed by atoms with E-state index in [1.165, 1.54) is 5.56 Å². The number of morpholine rings is 1. The molecule has 2 fully saturated rings. The Kier molecular flexibility index (Phi) is 4.27. The van der Waals surface area contributed by atoms with Crippen molar-refractivity contribution in [1.29, 1.82) is 0 Å². The molecule has 2 aliphatic heterocycles. The number of carbonyl (C=O) groups is 1. The molecule has 2 saturated heterocycles. The molecule has 0 saturated carbocycles. The Bertz CT molecular complexity index is 760. The number of aromatic nitrogens is 3. The van der Waals surface area contributed by atoms with Gasteiger partial charge in [0.25, 0.3) is 5.91 Å².